The Morgan fingerprint density at radius 3 is 1.89 bits per heavy atom. The molecule has 35 heavy (non-hydrogen) atoms. The Morgan fingerprint density at radius 1 is 0.600 bits per heavy atom. The van der Waals surface area contributed by atoms with Crippen LogP contribution in [0.4, 0.5) is 22.7 Å². The maximum atomic E-state index is 13.0. The lowest BCUT2D eigenvalue weighted by atomic mass is 10.1. The highest BCUT2D eigenvalue weighted by molar-refractivity contribution is 7.80. The van der Waals surface area contributed by atoms with Crippen molar-refractivity contribution in [3.05, 3.63) is 120 Å². The van der Waals surface area contributed by atoms with Gasteiger partial charge in [-0.3, -0.25) is 14.9 Å². The number of benzene rings is 4. The maximum Gasteiger partial charge on any atom is 0.257 e. The van der Waals surface area contributed by atoms with E-state index in [9.17, 15) is 9.59 Å². The van der Waals surface area contributed by atoms with Crippen molar-refractivity contribution in [1.82, 2.24) is 5.32 Å². The molecule has 0 spiro atoms. The number of carbonyl (C=O) groups excluding carboxylic acids is 2. The third-order valence-electron chi connectivity index (χ3n) is 5.24. The van der Waals surface area contributed by atoms with Crippen molar-refractivity contribution in [2.45, 2.75) is 6.92 Å². The zero-order valence-corrected chi connectivity index (χ0v) is 19.9. The SMILES string of the molecule is Cc1ccccc1C(=O)NC(=S)Nc1ccccc1C(=O)Nc1ccc(Nc2ccccc2)cc1. The number of rotatable bonds is 6. The number of para-hydroxylation sites is 2. The van der Waals surface area contributed by atoms with Gasteiger partial charge in [0.2, 0.25) is 0 Å². The molecule has 4 N–H and O–H groups in total. The summed E-state index contributed by atoms with van der Waals surface area (Å²) in [6.45, 7) is 1.86. The van der Waals surface area contributed by atoms with Gasteiger partial charge in [0.25, 0.3) is 11.8 Å². The largest absolute Gasteiger partial charge is 0.356 e. The van der Waals surface area contributed by atoms with Crippen LogP contribution in [-0.4, -0.2) is 16.9 Å². The molecule has 0 aliphatic carbocycles. The number of hydrogen-bond acceptors (Lipinski definition) is 4. The average Bonchev–Trinajstić information content (AvgIpc) is 2.86. The Labute approximate surface area is 209 Å². The number of nitrogens with one attached hydrogen (secondary N) is 4. The van der Waals surface area contributed by atoms with Crippen molar-refractivity contribution in [1.29, 1.82) is 0 Å². The molecule has 0 unspecified atom stereocenters. The second-order valence-electron chi connectivity index (χ2n) is 7.79. The second-order valence-corrected chi connectivity index (χ2v) is 8.20. The number of thiocarbonyl (C=S) groups is 1. The molecule has 0 radical (unpaired) electrons. The quantitative estimate of drug-likeness (QED) is 0.250. The lowest BCUT2D eigenvalue weighted by Gasteiger charge is -2.14. The van der Waals surface area contributed by atoms with Crippen LogP contribution < -0.4 is 21.3 Å². The van der Waals surface area contributed by atoms with E-state index in [1.165, 1.54) is 0 Å². The number of carbonyl (C=O) groups is 2. The van der Waals surface area contributed by atoms with Crippen molar-refractivity contribution >= 4 is 51.9 Å². The van der Waals surface area contributed by atoms with Crippen molar-refractivity contribution in [3.8, 4) is 0 Å². The summed E-state index contributed by atoms with van der Waals surface area (Å²) >= 11 is 5.32. The number of hydrogen-bond donors (Lipinski definition) is 4. The van der Waals surface area contributed by atoms with Gasteiger partial charge in [0.1, 0.15) is 0 Å². The summed E-state index contributed by atoms with van der Waals surface area (Å²) in [5.74, 6) is -0.614. The predicted octanol–water partition coefficient (Wildman–Crippen LogP) is 6.12. The van der Waals surface area contributed by atoms with Crippen LogP contribution in [0.3, 0.4) is 0 Å². The highest BCUT2D eigenvalue weighted by atomic mass is 32.1. The molecule has 4 aromatic carbocycles. The first kappa shape index (κ1) is 23.7. The van der Waals surface area contributed by atoms with E-state index in [0.717, 1.165) is 16.9 Å². The summed E-state index contributed by atoms with van der Waals surface area (Å²) < 4.78 is 0. The smallest absolute Gasteiger partial charge is 0.257 e. The molecule has 0 atom stereocenters. The molecule has 0 aliphatic heterocycles. The normalized spacial score (nSPS) is 10.2. The summed E-state index contributed by atoms with van der Waals surface area (Å²) in [7, 11) is 0. The highest BCUT2D eigenvalue weighted by Gasteiger charge is 2.14. The highest BCUT2D eigenvalue weighted by Crippen LogP contribution is 2.21. The molecule has 0 aliphatic rings. The van der Waals surface area contributed by atoms with E-state index >= 15 is 0 Å². The van der Waals surface area contributed by atoms with Crippen LogP contribution >= 0.6 is 12.2 Å². The summed E-state index contributed by atoms with van der Waals surface area (Å²) in [6, 6.07) is 31.5. The molecule has 0 saturated heterocycles. The van der Waals surface area contributed by atoms with Gasteiger partial charge in [-0.15, -0.1) is 0 Å². The summed E-state index contributed by atoms with van der Waals surface area (Å²) in [5.41, 5.74) is 4.80. The Bertz CT molecular complexity index is 1360. The molecule has 7 heteroatoms. The van der Waals surface area contributed by atoms with Crippen LogP contribution in [0.5, 0.6) is 0 Å². The molecule has 6 nitrogen and oxygen atoms in total. The number of amides is 2. The van der Waals surface area contributed by atoms with Crippen LogP contribution in [-0.2, 0) is 0 Å². The van der Waals surface area contributed by atoms with Crippen LogP contribution in [0.2, 0.25) is 0 Å². The standard InChI is InChI=1S/C28H24N4O2S/c1-19-9-5-6-12-23(19)26(33)32-28(35)31-25-14-8-7-13-24(25)27(34)30-22-17-15-21(16-18-22)29-20-10-3-2-4-11-20/h2-18,29H,1H3,(H,30,34)(H2,31,32,33,35). The summed E-state index contributed by atoms with van der Waals surface area (Å²) in [5, 5.41) is 11.9. The average molecular weight is 481 g/mol. The van der Waals surface area contributed by atoms with Gasteiger partial charge in [0.15, 0.2) is 5.11 Å². The molecule has 2 amide bonds. The minimum Gasteiger partial charge on any atom is -0.356 e. The van der Waals surface area contributed by atoms with Gasteiger partial charge < -0.3 is 16.0 Å². The first-order valence-corrected chi connectivity index (χ1v) is 11.4. The van der Waals surface area contributed by atoms with Crippen molar-refractivity contribution in [2.24, 2.45) is 0 Å². The first-order chi connectivity index (χ1) is 17.0. The van der Waals surface area contributed by atoms with Gasteiger partial charge >= 0.3 is 0 Å². The molecule has 0 fully saturated rings. The molecule has 174 valence electrons. The monoisotopic (exact) mass is 480 g/mol. The molecule has 4 rings (SSSR count). The molecule has 0 heterocycles. The van der Waals surface area contributed by atoms with E-state index < -0.39 is 0 Å². The van der Waals surface area contributed by atoms with E-state index in [2.05, 4.69) is 21.3 Å². The third-order valence-corrected chi connectivity index (χ3v) is 5.45. The third kappa shape index (κ3) is 6.31. The maximum absolute atomic E-state index is 13.0. The zero-order chi connectivity index (χ0) is 24.6. The molecule has 0 saturated carbocycles. The van der Waals surface area contributed by atoms with Crippen LogP contribution in [0.15, 0.2) is 103 Å². The Kier molecular flexibility index (Phi) is 7.50. The van der Waals surface area contributed by atoms with Crippen molar-refractivity contribution in [2.75, 3.05) is 16.0 Å². The van der Waals surface area contributed by atoms with Gasteiger partial charge in [-0.05, 0) is 79.3 Å². The predicted molar refractivity (Wildman–Crippen MR) is 145 cm³/mol. The Balaban J connectivity index is 1.40. The number of anilines is 4. The molecule has 0 aromatic heterocycles. The van der Waals surface area contributed by atoms with E-state index in [1.54, 1.807) is 36.4 Å². The van der Waals surface area contributed by atoms with Gasteiger partial charge in [-0.25, -0.2) is 0 Å². The minimum atomic E-state index is -0.313. The summed E-state index contributed by atoms with van der Waals surface area (Å²) in [6.07, 6.45) is 0. The minimum absolute atomic E-state index is 0.106. The molecule has 4 aromatic rings. The van der Waals surface area contributed by atoms with Crippen LogP contribution in [0.25, 0.3) is 0 Å². The number of aryl methyl sites for hydroxylation is 1. The topological polar surface area (TPSA) is 82.3 Å². The van der Waals surface area contributed by atoms with Gasteiger partial charge in [-0.1, -0.05) is 48.5 Å². The first-order valence-electron chi connectivity index (χ1n) is 11.0. The van der Waals surface area contributed by atoms with E-state index in [1.807, 2.05) is 73.7 Å². The van der Waals surface area contributed by atoms with Crippen LogP contribution in [0.1, 0.15) is 26.3 Å². The van der Waals surface area contributed by atoms with Gasteiger partial charge in [0, 0.05) is 22.6 Å². The van der Waals surface area contributed by atoms with E-state index in [4.69, 9.17) is 12.2 Å². The zero-order valence-electron chi connectivity index (χ0n) is 19.0. The fourth-order valence-electron chi connectivity index (χ4n) is 3.47. The molecule has 0 bridgehead atoms. The molecular formula is C28H24N4O2S. The fraction of sp³-hybridized carbons (Fsp3) is 0.0357. The fourth-order valence-corrected chi connectivity index (χ4v) is 3.67. The lowest BCUT2D eigenvalue weighted by molar-refractivity contribution is 0.0976. The van der Waals surface area contributed by atoms with Gasteiger partial charge in [0.05, 0.1) is 11.3 Å². The Morgan fingerprint density at radius 2 is 1.17 bits per heavy atom. The Hall–Kier alpha value is -4.49. The lowest BCUT2D eigenvalue weighted by Crippen LogP contribution is -2.35. The van der Waals surface area contributed by atoms with Gasteiger partial charge in [-0.2, -0.15) is 0 Å². The van der Waals surface area contributed by atoms with E-state index in [-0.39, 0.29) is 16.9 Å². The van der Waals surface area contributed by atoms with E-state index in [0.29, 0.717) is 22.5 Å². The molecular weight excluding hydrogens is 456 g/mol. The van der Waals surface area contributed by atoms with Crippen molar-refractivity contribution < 1.29 is 9.59 Å². The second kappa shape index (κ2) is 11.1. The van der Waals surface area contributed by atoms with Crippen LogP contribution in [0, 0.1) is 6.92 Å². The summed E-state index contributed by atoms with van der Waals surface area (Å²) in [4.78, 5) is 25.5. The van der Waals surface area contributed by atoms with Crippen molar-refractivity contribution in [3.63, 3.8) is 0 Å².